The predicted molar refractivity (Wildman–Crippen MR) is 74.2 cm³/mol. The van der Waals surface area contributed by atoms with E-state index in [1.807, 2.05) is 18.2 Å². The number of aromatic amines is 1. The predicted octanol–water partition coefficient (Wildman–Crippen LogP) is 2.06. The molecule has 3 rings (SSSR count). The lowest BCUT2D eigenvalue weighted by molar-refractivity contribution is 0.0940. The van der Waals surface area contributed by atoms with Crippen LogP contribution in [-0.2, 0) is 0 Å². The Kier molecular flexibility index (Phi) is 3.07. The minimum atomic E-state index is -0.243. The van der Waals surface area contributed by atoms with Crippen molar-refractivity contribution < 1.29 is 4.79 Å². The number of hydrogen-bond acceptors (Lipinski definition) is 2. The minimum Gasteiger partial charge on any atom is -0.352 e. The summed E-state index contributed by atoms with van der Waals surface area (Å²) in [7, 11) is 0. The number of aromatic nitrogens is 1. The van der Waals surface area contributed by atoms with Gasteiger partial charge in [0.25, 0.3) is 5.91 Å². The van der Waals surface area contributed by atoms with Gasteiger partial charge in [0, 0.05) is 23.5 Å². The Labute approximate surface area is 110 Å². The van der Waals surface area contributed by atoms with Crippen LogP contribution in [0.3, 0.4) is 0 Å². The van der Waals surface area contributed by atoms with E-state index in [2.05, 4.69) is 10.3 Å². The zero-order valence-electron chi connectivity index (χ0n) is 10.6. The SMILES string of the molecule is O=C(NCC1CCC1)c1cc(=O)[nH]c2ccccc12. The highest BCUT2D eigenvalue weighted by Gasteiger charge is 2.19. The highest BCUT2D eigenvalue weighted by Crippen LogP contribution is 2.25. The van der Waals surface area contributed by atoms with Gasteiger partial charge in [-0.15, -0.1) is 0 Å². The molecule has 2 aromatic rings. The zero-order chi connectivity index (χ0) is 13.2. The first-order valence-electron chi connectivity index (χ1n) is 6.64. The van der Waals surface area contributed by atoms with E-state index in [1.54, 1.807) is 6.07 Å². The van der Waals surface area contributed by atoms with E-state index >= 15 is 0 Å². The van der Waals surface area contributed by atoms with Gasteiger partial charge in [0.15, 0.2) is 0 Å². The van der Waals surface area contributed by atoms with Crippen LogP contribution < -0.4 is 10.9 Å². The van der Waals surface area contributed by atoms with Crippen molar-refractivity contribution in [2.75, 3.05) is 6.54 Å². The molecule has 1 aromatic carbocycles. The molecule has 1 heterocycles. The van der Waals surface area contributed by atoms with Gasteiger partial charge >= 0.3 is 0 Å². The Morgan fingerprint density at radius 3 is 2.84 bits per heavy atom. The van der Waals surface area contributed by atoms with E-state index in [1.165, 1.54) is 25.3 Å². The van der Waals surface area contributed by atoms with Crippen LogP contribution in [0.25, 0.3) is 10.9 Å². The molecule has 0 bridgehead atoms. The van der Waals surface area contributed by atoms with Crippen LogP contribution in [0.15, 0.2) is 35.1 Å². The Hall–Kier alpha value is -2.10. The van der Waals surface area contributed by atoms with E-state index in [-0.39, 0.29) is 11.5 Å². The fraction of sp³-hybridized carbons (Fsp3) is 0.333. The van der Waals surface area contributed by atoms with Gasteiger partial charge in [0.1, 0.15) is 0 Å². The molecule has 0 radical (unpaired) electrons. The van der Waals surface area contributed by atoms with E-state index in [0.717, 1.165) is 5.39 Å². The van der Waals surface area contributed by atoms with Crippen molar-refractivity contribution in [2.45, 2.75) is 19.3 Å². The number of rotatable bonds is 3. The molecule has 2 N–H and O–H groups in total. The van der Waals surface area contributed by atoms with Gasteiger partial charge in [0.05, 0.1) is 5.56 Å². The number of hydrogen-bond donors (Lipinski definition) is 2. The maximum atomic E-state index is 12.2. The summed E-state index contributed by atoms with van der Waals surface area (Å²) >= 11 is 0. The molecular weight excluding hydrogens is 240 g/mol. The van der Waals surface area contributed by atoms with Crippen LogP contribution in [0.5, 0.6) is 0 Å². The largest absolute Gasteiger partial charge is 0.352 e. The molecule has 0 unspecified atom stereocenters. The molecule has 0 aliphatic heterocycles. The third-order valence-electron chi connectivity index (χ3n) is 3.77. The van der Waals surface area contributed by atoms with Gasteiger partial charge in [-0.3, -0.25) is 9.59 Å². The number of amides is 1. The number of carbonyl (C=O) groups is 1. The first-order valence-corrected chi connectivity index (χ1v) is 6.64. The first-order chi connectivity index (χ1) is 9.24. The normalized spacial score (nSPS) is 15.2. The average Bonchev–Trinajstić information content (AvgIpc) is 2.35. The lowest BCUT2D eigenvalue weighted by atomic mass is 9.85. The number of nitrogens with one attached hydrogen (secondary N) is 2. The van der Waals surface area contributed by atoms with Gasteiger partial charge in [-0.2, -0.15) is 0 Å². The Morgan fingerprint density at radius 2 is 2.11 bits per heavy atom. The van der Waals surface area contributed by atoms with E-state index in [9.17, 15) is 9.59 Å². The highest BCUT2D eigenvalue weighted by atomic mass is 16.2. The average molecular weight is 256 g/mol. The van der Waals surface area contributed by atoms with Crippen molar-refractivity contribution >= 4 is 16.8 Å². The fourth-order valence-electron chi connectivity index (χ4n) is 2.42. The van der Waals surface area contributed by atoms with Crippen LogP contribution >= 0.6 is 0 Å². The Morgan fingerprint density at radius 1 is 1.32 bits per heavy atom. The van der Waals surface area contributed by atoms with Crippen molar-refractivity contribution in [3.63, 3.8) is 0 Å². The minimum absolute atomic E-state index is 0.158. The third kappa shape index (κ3) is 2.38. The third-order valence-corrected chi connectivity index (χ3v) is 3.77. The van der Waals surface area contributed by atoms with E-state index in [4.69, 9.17) is 0 Å². The summed E-state index contributed by atoms with van der Waals surface area (Å²) in [6, 6.07) is 8.74. The van der Waals surface area contributed by atoms with Gasteiger partial charge in [-0.25, -0.2) is 0 Å². The first kappa shape index (κ1) is 12.0. The van der Waals surface area contributed by atoms with Crippen molar-refractivity contribution in [2.24, 2.45) is 5.92 Å². The molecule has 0 spiro atoms. The van der Waals surface area contributed by atoms with Gasteiger partial charge in [0.2, 0.25) is 5.56 Å². The van der Waals surface area contributed by atoms with Crippen molar-refractivity contribution in [1.29, 1.82) is 0 Å². The maximum Gasteiger partial charge on any atom is 0.252 e. The van der Waals surface area contributed by atoms with Crippen LogP contribution in [-0.4, -0.2) is 17.4 Å². The second-order valence-electron chi connectivity index (χ2n) is 5.10. The van der Waals surface area contributed by atoms with Gasteiger partial charge < -0.3 is 10.3 Å². The van der Waals surface area contributed by atoms with Crippen LogP contribution in [0.4, 0.5) is 0 Å². The van der Waals surface area contributed by atoms with E-state index in [0.29, 0.717) is 23.5 Å². The maximum absolute atomic E-state index is 12.2. The van der Waals surface area contributed by atoms with E-state index < -0.39 is 0 Å². The summed E-state index contributed by atoms with van der Waals surface area (Å²) in [6.07, 6.45) is 3.64. The molecule has 0 saturated heterocycles. The van der Waals surface area contributed by atoms with Crippen molar-refractivity contribution in [3.05, 3.63) is 46.2 Å². The van der Waals surface area contributed by atoms with Crippen molar-refractivity contribution in [1.82, 2.24) is 10.3 Å². The topological polar surface area (TPSA) is 62.0 Å². The molecule has 1 saturated carbocycles. The summed E-state index contributed by atoms with van der Waals surface area (Å²) in [5, 5.41) is 3.71. The van der Waals surface area contributed by atoms with Gasteiger partial charge in [-0.05, 0) is 24.8 Å². The molecule has 1 amide bonds. The molecule has 1 aliphatic rings. The molecule has 1 fully saturated rings. The zero-order valence-corrected chi connectivity index (χ0v) is 10.6. The molecule has 1 aliphatic carbocycles. The summed E-state index contributed by atoms with van der Waals surface area (Å²) in [5.74, 6) is 0.450. The molecular formula is C15H16N2O2. The number of benzene rings is 1. The van der Waals surface area contributed by atoms with Crippen molar-refractivity contribution in [3.8, 4) is 0 Å². The smallest absolute Gasteiger partial charge is 0.252 e. The number of para-hydroxylation sites is 1. The number of fused-ring (bicyclic) bond motifs is 1. The summed E-state index contributed by atoms with van der Waals surface area (Å²) in [6.45, 7) is 0.708. The Balaban J connectivity index is 1.89. The second kappa shape index (κ2) is 4.88. The Bertz CT molecular complexity index is 671. The molecule has 4 nitrogen and oxygen atoms in total. The second-order valence-corrected chi connectivity index (χ2v) is 5.10. The molecule has 98 valence electrons. The molecule has 19 heavy (non-hydrogen) atoms. The molecule has 0 atom stereocenters. The van der Waals surface area contributed by atoms with Crippen LogP contribution in [0.1, 0.15) is 29.6 Å². The monoisotopic (exact) mass is 256 g/mol. The highest BCUT2D eigenvalue weighted by molar-refractivity contribution is 6.05. The number of H-pyrrole nitrogens is 1. The van der Waals surface area contributed by atoms with Crippen LogP contribution in [0.2, 0.25) is 0 Å². The number of carbonyl (C=O) groups excluding carboxylic acids is 1. The summed E-state index contributed by atoms with van der Waals surface area (Å²) in [4.78, 5) is 26.5. The fourth-order valence-corrected chi connectivity index (χ4v) is 2.42. The standard InChI is InChI=1S/C15H16N2O2/c18-14-8-12(11-6-1-2-7-13(11)17-14)15(19)16-9-10-4-3-5-10/h1-2,6-8,10H,3-5,9H2,(H,16,19)(H,17,18). The quantitative estimate of drug-likeness (QED) is 0.883. The lowest BCUT2D eigenvalue weighted by Crippen LogP contribution is -2.32. The lowest BCUT2D eigenvalue weighted by Gasteiger charge is -2.25. The van der Waals surface area contributed by atoms with Crippen LogP contribution in [0, 0.1) is 5.92 Å². The summed E-state index contributed by atoms with van der Waals surface area (Å²) < 4.78 is 0. The number of pyridine rings is 1. The molecule has 4 heteroatoms. The molecule has 1 aromatic heterocycles. The summed E-state index contributed by atoms with van der Waals surface area (Å²) in [5.41, 5.74) is 0.912. The van der Waals surface area contributed by atoms with Gasteiger partial charge in [-0.1, -0.05) is 24.6 Å².